The topological polar surface area (TPSA) is 84.6 Å². The Morgan fingerprint density at radius 2 is 2.27 bits per heavy atom. The van der Waals surface area contributed by atoms with Gasteiger partial charge >= 0.3 is 0 Å². The van der Waals surface area contributed by atoms with Crippen LogP contribution < -0.4 is 10.6 Å². The fourth-order valence-electron chi connectivity index (χ4n) is 2.37. The lowest BCUT2D eigenvalue weighted by Crippen LogP contribution is -2.37. The summed E-state index contributed by atoms with van der Waals surface area (Å²) in [6.45, 7) is 2.86. The molecule has 1 aromatic heterocycles. The number of nitrogens with one attached hydrogen (secondary N) is 2. The third kappa shape index (κ3) is 6.00. The lowest BCUT2D eigenvalue weighted by atomic mass is 10.2. The maximum absolute atomic E-state index is 5.99. The Morgan fingerprint density at radius 3 is 3.04 bits per heavy atom. The first-order valence-electron chi connectivity index (χ1n) is 8.85. The highest BCUT2D eigenvalue weighted by Crippen LogP contribution is 2.28. The van der Waals surface area contributed by atoms with E-state index >= 15 is 0 Å². The molecule has 1 fully saturated rings. The predicted molar refractivity (Wildman–Crippen MR) is 101 cm³/mol. The van der Waals surface area contributed by atoms with Crippen LogP contribution in [0, 0.1) is 5.92 Å². The van der Waals surface area contributed by atoms with E-state index in [1.165, 1.54) is 12.8 Å². The lowest BCUT2D eigenvalue weighted by Gasteiger charge is -2.10. The SMILES string of the molecule is CN=C(NCCCOCC1CC1)NCc1nc(-c2cccc(Cl)c2)no1. The highest BCUT2D eigenvalue weighted by atomic mass is 35.5. The summed E-state index contributed by atoms with van der Waals surface area (Å²) in [5.41, 5.74) is 0.821. The highest BCUT2D eigenvalue weighted by molar-refractivity contribution is 6.30. The van der Waals surface area contributed by atoms with Gasteiger partial charge in [-0.2, -0.15) is 4.98 Å². The number of aromatic nitrogens is 2. The Hall–Kier alpha value is -2.12. The Balaban J connectivity index is 1.38. The van der Waals surface area contributed by atoms with Crippen molar-refractivity contribution in [3.8, 4) is 11.4 Å². The molecule has 0 amide bonds. The number of benzene rings is 1. The highest BCUT2D eigenvalue weighted by Gasteiger charge is 2.20. The molecule has 26 heavy (non-hydrogen) atoms. The molecule has 2 aromatic rings. The first-order chi connectivity index (χ1) is 12.7. The van der Waals surface area contributed by atoms with E-state index < -0.39 is 0 Å². The molecule has 0 atom stereocenters. The van der Waals surface area contributed by atoms with Crippen LogP contribution in [0.25, 0.3) is 11.4 Å². The van der Waals surface area contributed by atoms with Gasteiger partial charge in [0.15, 0.2) is 5.96 Å². The van der Waals surface area contributed by atoms with Crippen LogP contribution in [0.3, 0.4) is 0 Å². The summed E-state index contributed by atoms with van der Waals surface area (Å²) in [5, 5.41) is 11.0. The average molecular weight is 378 g/mol. The van der Waals surface area contributed by atoms with Crippen LogP contribution >= 0.6 is 11.6 Å². The number of guanidine groups is 1. The third-order valence-electron chi connectivity index (χ3n) is 3.99. The maximum atomic E-state index is 5.99. The van der Waals surface area contributed by atoms with Crippen LogP contribution in [0.4, 0.5) is 0 Å². The van der Waals surface area contributed by atoms with Gasteiger partial charge in [0.25, 0.3) is 0 Å². The monoisotopic (exact) mass is 377 g/mol. The fraction of sp³-hybridized carbons (Fsp3) is 0.500. The molecular weight excluding hydrogens is 354 g/mol. The van der Waals surface area contributed by atoms with E-state index in [1.807, 2.05) is 12.1 Å². The number of aliphatic imine (C=N–C) groups is 1. The van der Waals surface area contributed by atoms with Crippen molar-refractivity contribution in [2.24, 2.45) is 10.9 Å². The van der Waals surface area contributed by atoms with Gasteiger partial charge < -0.3 is 19.9 Å². The van der Waals surface area contributed by atoms with E-state index in [0.29, 0.717) is 29.2 Å². The van der Waals surface area contributed by atoms with Gasteiger partial charge in [0.05, 0.1) is 6.54 Å². The van der Waals surface area contributed by atoms with Crippen molar-refractivity contribution in [1.82, 2.24) is 20.8 Å². The molecule has 0 unspecified atom stereocenters. The first kappa shape index (κ1) is 18.7. The van der Waals surface area contributed by atoms with Crippen molar-refractivity contribution < 1.29 is 9.26 Å². The zero-order chi connectivity index (χ0) is 18.2. The number of halogens is 1. The van der Waals surface area contributed by atoms with Gasteiger partial charge in [-0.1, -0.05) is 28.9 Å². The summed E-state index contributed by atoms with van der Waals surface area (Å²) in [6, 6.07) is 7.35. The smallest absolute Gasteiger partial charge is 0.246 e. The van der Waals surface area contributed by atoms with Crippen molar-refractivity contribution in [3.05, 3.63) is 35.2 Å². The van der Waals surface area contributed by atoms with Crippen LogP contribution in [0.5, 0.6) is 0 Å². The quantitative estimate of drug-likeness (QED) is 0.397. The minimum atomic E-state index is 0.394. The first-order valence-corrected chi connectivity index (χ1v) is 9.23. The van der Waals surface area contributed by atoms with E-state index in [9.17, 15) is 0 Å². The van der Waals surface area contributed by atoms with Gasteiger partial charge in [0.2, 0.25) is 11.7 Å². The van der Waals surface area contributed by atoms with Gasteiger partial charge in [-0.25, -0.2) is 0 Å². The molecule has 1 aromatic carbocycles. The van der Waals surface area contributed by atoms with Crippen molar-refractivity contribution >= 4 is 17.6 Å². The van der Waals surface area contributed by atoms with E-state index in [4.69, 9.17) is 20.9 Å². The molecule has 1 aliphatic carbocycles. The van der Waals surface area contributed by atoms with Crippen molar-refractivity contribution in [2.75, 3.05) is 26.8 Å². The molecule has 8 heteroatoms. The Bertz CT molecular complexity index is 730. The second kappa shape index (κ2) is 9.54. The van der Waals surface area contributed by atoms with Crippen LogP contribution in [-0.2, 0) is 11.3 Å². The lowest BCUT2D eigenvalue weighted by molar-refractivity contribution is 0.123. The molecule has 2 N–H and O–H groups in total. The summed E-state index contributed by atoms with van der Waals surface area (Å²) in [5.74, 6) is 2.49. The van der Waals surface area contributed by atoms with Gasteiger partial charge in [-0.3, -0.25) is 4.99 Å². The molecule has 0 radical (unpaired) electrons. The summed E-state index contributed by atoms with van der Waals surface area (Å²) in [6.07, 6.45) is 3.58. The molecule has 140 valence electrons. The van der Waals surface area contributed by atoms with Crippen LogP contribution in [0.1, 0.15) is 25.2 Å². The molecular formula is C18H24ClN5O2. The van der Waals surface area contributed by atoms with Crippen LogP contribution in [0.2, 0.25) is 5.02 Å². The summed E-state index contributed by atoms with van der Waals surface area (Å²) < 4.78 is 10.9. The normalized spacial score (nSPS) is 14.5. The van der Waals surface area contributed by atoms with E-state index in [-0.39, 0.29) is 0 Å². The second-order valence-corrected chi connectivity index (χ2v) is 6.68. The number of rotatable bonds is 9. The number of nitrogens with zero attached hydrogens (tertiary/aromatic N) is 3. The van der Waals surface area contributed by atoms with Crippen molar-refractivity contribution in [3.63, 3.8) is 0 Å². The zero-order valence-electron chi connectivity index (χ0n) is 14.9. The molecule has 0 bridgehead atoms. The van der Waals surface area contributed by atoms with E-state index in [2.05, 4.69) is 25.8 Å². The fourth-order valence-corrected chi connectivity index (χ4v) is 2.56. The van der Waals surface area contributed by atoms with Crippen molar-refractivity contribution in [2.45, 2.75) is 25.8 Å². The minimum Gasteiger partial charge on any atom is -0.381 e. The molecule has 0 saturated heterocycles. The largest absolute Gasteiger partial charge is 0.381 e. The Morgan fingerprint density at radius 1 is 1.38 bits per heavy atom. The third-order valence-corrected chi connectivity index (χ3v) is 4.23. The molecule has 3 rings (SSSR count). The molecule has 1 heterocycles. The second-order valence-electron chi connectivity index (χ2n) is 6.25. The molecule has 0 aliphatic heterocycles. The molecule has 7 nitrogen and oxygen atoms in total. The van der Waals surface area contributed by atoms with Crippen molar-refractivity contribution in [1.29, 1.82) is 0 Å². The summed E-state index contributed by atoms with van der Waals surface area (Å²) in [7, 11) is 1.73. The van der Waals surface area contributed by atoms with Gasteiger partial charge in [0.1, 0.15) is 0 Å². The van der Waals surface area contributed by atoms with Crippen LogP contribution in [-0.4, -0.2) is 42.9 Å². The summed E-state index contributed by atoms with van der Waals surface area (Å²) in [4.78, 5) is 8.55. The molecule has 1 aliphatic rings. The van der Waals surface area contributed by atoms with Gasteiger partial charge in [-0.05, 0) is 37.3 Å². The van der Waals surface area contributed by atoms with E-state index in [1.54, 1.807) is 19.2 Å². The zero-order valence-corrected chi connectivity index (χ0v) is 15.6. The number of hydrogen-bond donors (Lipinski definition) is 2. The minimum absolute atomic E-state index is 0.394. The molecule has 0 spiro atoms. The molecule has 1 saturated carbocycles. The average Bonchev–Trinajstić information content (AvgIpc) is 3.35. The number of ether oxygens (including phenoxy) is 1. The Labute approximate surface area is 158 Å². The number of hydrogen-bond acceptors (Lipinski definition) is 5. The Kier molecular flexibility index (Phi) is 6.85. The van der Waals surface area contributed by atoms with Gasteiger partial charge in [-0.15, -0.1) is 0 Å². The van der Waals surface area contributed by atoms with Crippen LogP contribution in [0.15, 0.2) is 33.8 Å². The summed E-state index contributed by atoms with van der Waals surface area (Å²) >= 11 is 5.99. The van der Waals surface area contributed by atoms with Gasteiger partial charge in [0, 0.05) is 37.4 Å². The standard InChI is InChI=1S/C18H24ClN5O2/c1-20-18(21-8-3-9-25-12-13-6-7-13)22-11-16-23-17(24-26-16)14-4-2-5-15(19)10-14/h2,4-5,10,13H,3,6-9,11-12H2,1H3,(H2,20,21,22). The predicted octanol–water partition coefficient (Wildman–Crippen LogP) is 2.87. The van der Waals surface area contributed by atoms with E-state index in [0.717, 1.165) is 37.7 Å². The maximum Gasteiger partial charge on any atom is 0.246 e.